The molecule has 1 heterocycles. The third-order valence-electron chi connectivity index (χ3n) is 4.79. The molecule has 2 fully saturated rings. The molecule has 0 unspecified atom stereocenters. The fourth-order valence-corrected chi connectivity index (χ4v) is 4.98. The lowest BCUT2D eigenvalue weighted by molar-refractivity contribution is -0.118. The maximum atomic E-state index is 12.4. The summed E-state index contributed by atoms with van der Waals surface area (Å²) in [4.78, 5) is 12.4. The summed E-state index contributed by atoms with van der Waals surface area (Å²) >= 11 is 5.95. The first-order chi connectivity index (χ1) is 9.81. The minimum absolute atomic E-state index is 0.0142. The van der Waals surface area contributed by atoms with Crippen LogP contribution in [0.1, 0.15) is 24.8 Å². The van der Waals surface area contributed by atoms with Gasteiger partial charge in [-0.2, -0.15) is 0 Å². The minimum Gasteiger partial charge on any atom is -0.326 e. The first-order valence-corrected chi connectivity index (χ1v) is 9.29. The third-order valence-corrected chi connectivity index (χ3v) is 6.67. The number of carbonyl (C=O) groups excluding carboxylic acids is 1. The van der Waals surface area contributed by atoms with E-state index >= 15 is 0 Å². The van der Waals surface area contributed by atoms with Gasteiger partial charge in [-0.3, -0.25) is 4.79 Å². The Balaban J connectivity index is 1.67. The molecular weight excluding hydrogens is 310 g/mol. The first kappa shape index (κ1) is 14.9. The number of rotatable bonds is 2. The molecule has 1 amide bonds. The summed E-state index contributed by atoms with van der Waals surface area (Å²) in [5.74, 6) is 0.353. The largest absolute Gasteiger partial charge is 0.326 e. The van der Waals surface area contributed by atoms with Crippen LogP contribution in [0, 0.1) is 18.3 Å². The van der Waals surface area contributed by atoms with Crippen molar-refractivity contribution in [2.45, 2.75) is 26.2 Å². The number of halogens is 1. The molecule has 1 aromatic rings. The Hall–Kier alpha value is -1.07. The van der Waals surface area contributed by atoms with Gasteiger partial charge in [0, 0.05) is 16.6 Å². The van der Waals surface area contributed by atoms with E-state index in [1.165, 1.54) is 0 Å². The summed E-state index contributed by atoms with van der Waals surface area (Å²) in [5.41, 5.74) is 1.62. The van der Waals surface area contributed by atoms with Crippen molar-refractivity contribution in [2.75, 3.05) is 16.8 Å². The van der Waals surface area contributed by atoms with Gasteiger partial charge < -0.3 is 5.32 Å². The summed E-state index contributed by atoms with van der Waals surface area (Å²) in [5, 5.41) is 3.52. The monoisotopic (exact) mass is 327 g/mol. The van der Waals surface area contributed by atoms with Crippen molar-refractivity contribution in [2.24, 2.45) is 11.3 Å². The predicted molar refractivity (Wildman–Crippen MR) is 83.2 cm³/mol. The molecule has 1 saturated heterocycles. The molecule has 1 spiro atoms. The van der Waals surface area contributed by atoms with Crippen LogP contribution in [0.15, 0.2) is 18.2 Å². The zero-order valence-electron chi connectivity index (χ0n) is 11.9. The van der Waals surface area contributed by atoms with E-state index in [4.69, 9.17) is 11.6 Å². The van der Waals surface area contributed by atoms with Gasteiger partial charge in [0.15, 0.2) is 0 Å². The number of amides is 1. The van der Waals surface area contributed by atoms with Crippen molar-refractivity contribution in [3.8, 4) is 0 Å². The highest BCUT2D eigenvalue weighted by Gasteiger charge is 2.59. The van der Waals surface area contributed by atoms with Crippen LogP contribution in [-0.2, 0) is 14.6 Å². The zero-order valence-corrected chi connectivity index (χ0v) is 13.4. The van der Waals surface area contributed by atoms with Crippen molar-refractivity contribution < 1.29 is 13.2 Å². The molecule has 1 aromatic carbocycles. The van der Waals surface area contributed by atoms with E-state index < -0.39 is 9.84 Å². The fraction of sp³-hybridized carbons (Fsp3) is 0.533. The molecule has 1 N–H and O–H groups in total. The predicted octanol–water partition coefficient (Wildman–Crippen LogP) is 2.80. The molecule has 21 heavy (non-hydrogen) atoms. The molecular formula is C15H18ClNO3S. The van der Waals surface area contributed by atoms with Crippen LogP contribution in [0.3, 0.4) is 0 Å². The fourth-order valence-electron chi connectivity index (χ4n) is 3.16. The van der Waals surface area contributed by atoms with Crippen LogP contribution in [0.5, 0.6) is 0 Å². The second-order valence-corrected chi connectivity index (χ2v) is 8.96. The lowest BCUT2D eigenvalue weighted by Crippen LogP contribution is -2.28. The molecule has 0 radical (unpaired) electrons. The topological polar surface area (TPSA) is 63.2 Å². The van der Waals surface area contributed by atoms with Gasteiger partial charge in [-0.25, -0.2) is 8.42 Å². The Kier molecular flexibility index (Phi) is 3.53. The quantitative estimate of drug-likeness (QED) is 0.908. The van der Waals surface area contributed by atoms with Gasteiger partial charge in [-0.1, -0.05) is 17.7 Å². The van der Waals surface area contributed by atoms with E-state index in [2.05, 4.69) is 5.32 Å². The van der Waals surface area contributed by atoms with E-state index in [-0.39, 0.29) is 28.7 Å². The van der Waals surface area contributed by atoms with Crippen molar-refractivity contribution in [1.82, 2.24) is 0 Å². The molecule has 4 nitrogen and oxygen atoms in total. The van der Waals surface area contributed by atoms with Crippen molar-refractivity contribution in [1.29, 1.82) is 0 Å². The van der Waals surface area contributed by atoms with Gasteiger partial charge in [0.05, 0.1) is 11.5 Å². The number of anilines is 1. The molecule has 1 aliphatic heterocycles. The van der Waals surface area contributed by atoms with Crippen molar-refractivity contribution in [3.63, 3.8) is 0 Å². The van der Waals surface area contributed by atoms with Crippen LogP contribution in [0.2, 0.25) is 5.02 Å². The lowest BCUT2D eigenvalue weighted by atomic mass is 9.96. The number of benzene rings is 1. The average Bonchev–Trinajstić information content (AvgIpc) is 3.13. The molecule has 0 bridgehead atoms. The van der Waals surface area contributed by atoms with Crippen molar-refractivity contribution >= 4 is 33.0 Å². The number of carbonyl (C=O) groups is 1. The molecule has 2 aliphatic rings. The normalized spacial score (nSPS) is 25.5. The smallest absolute Gasteiger partial charge is 0.228 e. The molecule has 1 saturated carbocycles. The van der Waals surface area contributed by atoms with Crippen LogP contribution in [0.25, 0.3) is 0 Å². The zero-order chi connectivity index (χ0) is 15.3. The highest BCUT2D eigenvalue weighted by molar-refractivity contribution is 7.91. The minimum atomic E-state index is -2.88. The van der Waals surface area contributed by atoms with Gasteiger partial charge in [0.1, 0.15) is 9.84 Å². The van der Waals surface area contributed by atoms with Gasteiger partial charge in [0.25, 0.3) is 0 Å². The third kappa shape index (κ3) is 2.94. The maximum Gasteiger partial charge on any atom is 0.228 e. The highest BCUT2D eigenvalue weighted by atomic mass is 35.5. The number of hydrogen-bond acceptors (Lipinski definition) is 3. The second-order valence-electron chi connectivity index (χ2n) is 6.22. The maximum absolute atomic E-state index is 12.4. The highest BCUT2D eigenvalue weighted by Crippen LogP contribution is 2.60. The van der Waals surface area contributed by atoms with Gasteiger partial charge in [-0.05, 0) is 49.3 Å². The van der Waals surface area contributed by atoms with E-state index in [0.717, 1.165) is 17.7 Å². The Labute approximate surface area is 129 Å². The molecule has 1 atom stereocenters. The van der Waals surface area contributed by atoms with Crippen LogP contribution < -0.4 is 5.32 Å². The Morgan fingerprint density at radius 2 is 2.00 bits per heavy atom. The standard InChI is InChI=1S/C15H18ClNO3S/c1-10-2-3-11(16)8-13(10)17-14(18)12-9-15(12)4-6-21(19,20)7-5-15/h2-3,8,12H,4-7,9H2,1H3,(H,17,18)/t12-/m0/s1. The number of hydrogen-bond donors (Lipinski definition) is 1. The summed E-state index contributed by atoms with van der Waals surface area (Å²) in [7, 11) is -2.88. The molecule has 0 aromatic heterocycles. The summed E-state index contributed by atoms with van der Waals surface area (Å²) in [6, 6.07) is 5.40. The van der Waals surface area contributed by atoms with Crippen LogP contribution >= 0.6 is 11.6 Å². The molecule has 6 heteroatoms. The summed E-state index contributed by atoms with van der Waals surface area (Å²) in [6.07, 6.45) is 2.03. The summed E-state index contributed by atoms with van der Waals surface area (Å²) in [6.45, 7) is 1.92. The lowest BCUT2D eigenvalue weighted by Gasteiger charge is -2.22. The van der Waals surface area contributed by atoms with Crippen molar-refractivity contribution in [3.05, 3.63) is 28.8 Å². The van der Waals surface area contributed by atoms with E-state index in [0.29, 0.717) is 17.9 Å². The molecule has 1 aliphatic carbocycles. The number of nitrogens with one attached hydrogen (secondary N) is 1. The Bertz CT molecular complexity index is 685. The SMILES string of the molecule is Cc1ccc(Cl)cc1NC(=O)[C@@H]1CC12CCS(=O)(=O)CC2. The summed E-state index contributed by atoms with van der Waals surface area (Å²) < 4.78 is 23.0. The van der Waals surface area contributed by atoms with E-state index in [1.807, 2.05) is 13.0 Å². The van der Waals surface area contributed by atoms with Gasteiger partial charge in [0.2, 0.25) is 5.91 Å². The number of sulfone groups is 1. The van der Waals surface area contributed by atoms with Crippen LogP contribution in [-0.4, -0.2) is 25.8 Å². The van der Waals surface area contributed by atoms with E-state index in [9.17, 15) is 13.2 Å². The van der Waals surface area contributed by atoms with Crippen LogP contribution in [0.4, 0.5) is 5.69 Å². The van der Waals surface area contributed by atoms with Gasteiger partial charge >= 0.3 is 0 Å². The van der Waals surface area contributed by atoms with E-state index in [1.54, 1.807) is 12.1 Å². The second kappa shape index (κ2) is 4.99. The van der Waals surface area contributed by atoms with Gasteiger partial charge in [-0.15, -0.1) is 0 Å². The molecule has 114 valence electrons. The number of aryl methyl sites for hydroxylation is 1. The Morgan fingerprint density at radius 1 is 1.33 bits per heavy atom. The Morgan fingerprint density at radius 3 is 2.67 bits per heavy atom. The average molecular weight is 328 g/mol. The molecule has 3 rings (SSSR count). The first-order valence-electron chi connectivity index (χ1n) is 7.09.